The number of carbonyl (C=O) groups excluding carboxylic acids is 1. The highest BCUT2D eigenvalue weighted by atomic mass is 79.9. The third-order valence-corrected chi connectivity index (χ3v) is 4.03. The number of likely N-dealkylation sites (tertiary alicyclic amines) is 1. The van der Waals surface area contributed by atoms with Gasteiger partial charge in [0, 0.05) is 22.3 Å². The Hall–Kier alpha value is -1.07. The van der Waals surface area contributed by atoms with Crippen LogP contribution in [0.4, 0.5) is 5.69 Å². The zero-order valence-electron chi connectivity index (χ0n) is 10.1. The number of piperidine rings is 1. The molecule has 0 radical (unpaired) electrons. The minimum atomic E-state index is -0.0532. The zero-order chi connectivity index (χ0) is 13.1. The number of hydrogen-bond acceptors (Lipinski definition) is 3. The van der Waals surface area contributed by atoms with E-state index in [4.69, 9.17) is 5.73 Å². The van der Waals surface area contributed by atoms with Gasteiger partial charge in [-0.05, 0) is 53.4 Å². The number of nitrogens with zero attached hydrogens (tertiary/aromatic N) is 1. The molecular weight excluding hydrogens is 296 g/mol. The van der Waals surface area contributed by atoms with Crippen molar-refractivity contribution < 1.29 is 9.90 Å². The lowest BCUT2D eigenvalue weighted by atomic mass is 10.0. The molecule has 0 aliphatic carbocycles. The highest BCUT2D eigenvalue weighted by Crippen LogP contribution is 2.24. The molecule has 1 heterocycles. The maximum atomic E-state index is 12.4. The van der Waals surface area contributed by atoms with E-state index in [1.807, 2.05) is 0 Å². The molecule has 3 N–H and O–H groups in total. The fourth-order valence-corrected chi connectivity index (χ4v) is 2.66. The Morgan fingerprint density at radius 1 is 1.50 bits per heavy atom. The summed E-state index contributed by atoms with van der Waals surface area (Å²) in [4.78, 5) is 14.2. The van der Waals surface area contributed by atoms with Crippen molar-refractivity contribution in [3.63, 3.8) is 0 Å². The van der Waals surface area contributed by atoms with Gasteiger partial charge < -0.3 is 15.7 Å². The molecule has 0 bridgehead atoms. The molecule has 98 valence electrons. The molecule has 4 nitrogen and oxygen atoms in total. The summed E-state index contributed by atoms with van der Waals surface area (Å²) in [5.41, 5.74) is 6.93. The fourth-order valence-electron chi connectivity index (χ4n) is 2.28. The van der Waals surface area contributed by atoms with Gasteiger partial charge >= 0.3 is 0 Å². The van der Waals surface area contributed by atoms with Gasteiger partial charge in [-0.2, -0.15) is 0 Å². The molecule has 1 aliphatic heterocycles. The maximum Gasteiger partial charge on any atom is 0.254 e. The van der Waals surface area contributed by atoms with Gasteiger partial charge in [0.2, 0.25) is 0 Å². The number of anilines is 1. The summed E-state index contributed by atoms with van der Waals surface area (Å²) >= 11 is 3.33. The number of rotatable bonds is 2. The molecule has 1 amide bonds. The summed E-state index contributed by atoms with van der Waals surface area (Å²) in [5.74, 6) is -0.0329. The first-order valence-corrected chi connectivity index (χ1v) is 6.89. The van der Waals surface area contributed by atoms with Crippen LogP contribution in [0.2, 0.25) is 0 Å². The van der Waals surface area contributed by atoms with Gasteiger partial charge in [-0.25, -0.2) is 0 Å². The van der Waals surface area contributed by atoms with Crippen LogP contribution in [0.25, 0.3) is 0 Å². The quantitative estimate of drug-likeness (QED) is 0.821. The molecule has 1 saturated heterocycles. The number of hydrogen-bond donors (Lipinski definition) is 2. The van der Waals surface area contributed by atoms with E-state index >= 15 is 0 Å². The number of halogens is 1. The maximum absolute atomic E-state index is 12.4. The lowest BCUT2D eigenvalue weighted by molar-refractivity contribution is 0.0503. The Balaban J connectivity index is 2.21. The number of carbonyl (C=O) groups is 1. The van der Waals surface area contributed by atoms with Crippen LogP contribution in [0.1, 0.15) is 29.6 Å². The molecule has 1 aromatic carbocycles. The standard InChI is InChI=1S/C13H17BrN2O2/c14-11-7-9(4-5-12(11)15)13(18)16-6-2-1-3-10(16)8-17/h4-5,7,10,17H,1-3,6,8,15H2. The molecular formula is C13H17BrN2O2. The monoisotopic (exact) mass is 312 g/mol. The van der Waals surface area contributed by atoms with Crippen molar-refractivity contribution in [3.05, 3.63) is 28.2 Å². The van der Waals surface area contributed by atoms with E-state index in [1.54, 1.807) is 23.1 Å². The second-order valence-corrected chi connectivity index (χ2v) is 5.42. The molecule has 1 unspecified atom stereocenters. The van der Waals surface area contributed by atoms with Gasteiger partial charge in [-0.3, -0.25) is 4.79 Å². The second kappa shape index (κ2) is 5.71. The van der Waals surface area contributed by atoms with E-state index in [-0.39, 0.29) is 18.6 Å². The molecule has 2 rings (SSSR count). The lowest BCUT2D eigenvalue weighted by Gasteiger charge is -2.34. The summed E-state index contributed by atoms with van der Waals surface area (Å²) < 4.78 is 0.728. The van der Waals surface area contributed by atoms with Gasteiger partial charge in [-0.1, -0.05) is 0 Å². The molecule has 18 heavy (non-hydrogen) atoms. The van der Waals surface area contributed by atoms with Crippen LogP contribution in [0.5, 0.6) is 0 Å². The normalized spacial score (nSPS) is 19.9. The molecule has 1 fully saturated rings. The average Bonchev–Trinajstić information content (AvgIpc) is 2.41. The van der Waals surface area contributed by atoms with Crippen LogP contribution in [0.3, 0.4) is 0 Å². The van der Waals surface area contributed by atoms with Gasteiger partial charge in [0.1, 0.15) is 0 Å². The molecule has 1 atom stereocenters. The largest absolute Gasteiger partial charge is 0.398 e. The summed E-state index contributed by atoms with van der Waals surface area (Å²) in [6.07, 6.45) is 2.94. The van der Waals surface area contributed by atoms with Crippen molar-refractivity contribution >= 4 is 27.5 Å². The third kappa shape index (κ3) is 2.67. The highest BCUT2D eigenvalue weighted by molar-refractivity contribution is 9.10. The van der Waals surface area contributed by atoms with Crippen LogP contribution in [-0.2, 0) is 0 Å². The first kappa shape index (κ1) is 13.4. The van der Waals surface area contributed by atoms with Crippen molar-refractivity contribution in [2.75, 3.05) is 18.9 Å². The molecule has 5 heteroatoms. The lowest BCUT2D eigenvalue weighted by Crippen LogP contribution is -2.45. The molecule has 1 aromatic rings. The smallest absolute Gasteiger partial charge is 0.254 e. The minimum Gasteiger partial charge on any atom is -0.398 e. The minimum absolute atomic E-state index is 0.0296. The van der Waals surface area contributed by atoms with Gasteiger partial charge in [0.15, 0.2) is 0 Å². The van der Waals surface area contributed by atoms with Crippen LogP contribution >= 0.6 is 15.9 Å². The third-order valence-electron chi connectivity index (χ3n) is 3.35. The number of nitrogen functional groups attached to an aromatic ring is 1. The Bertz CT molecular complexity index is 451. The van der Waals surface area contributed by atoms with Crippen molar-refractivity contribution in [1.29, 1.82) is 0 Å². The molecule has 0 spiro atoms. The number of benzene rings is 1. The van der Waals surface area contributed by atoms with Crippen LogP contribution in [-0.4, -0.2) is 35.1 Å². The summed E-state index contributed by atoms with van der Waals surface area (Å²) in [6.45, 7) is 0.744. The topological polar surface area (TPSA) is 66.6 Å². The number of aliphatic hydroxyl groups excluding tert-OH is 1. The average molecular weight is 313 g/mol. The Morgan fingerprint density at radius 3 is 2.94 bits per heavy atom. The fraction of sp³-hybridized carbons (Fsp3) is 0.462. The van der Waals surface area contributed by atoms with Crippen LogP contribution in [0.15, 0.2) is 22.7 Å². The van der Waals surface area contributed by atoms with Crippen molar-refractivity contribution in [2.24, 2.45) is 0 Å². The Labute approximate surface area is 115 Å². The predicted molar refractivity (Wildman–Crippen MR) is 74.3 cm³/mol. The summed E-state index contributed by atoms with van der Waals surface area (Å²) in [6, 6.07) is 5.13. The van der Waals surface area contributed by atoms with E-state index < -0.39 is 0 Å². The summed E-state index contributed by atoms with van der Waals surface area (Å²) in [7, 11) is 0. The Kier molecular flexibility index (Phi) is 4.24. The van der Waals surface area contributed by atoms with Crippen molar-refractivity contribution in [3.8, 4) is 0 Å². The van der Waals surface area contributed by atoms with E-state index in [0.29, 0.717) is 17.8 Å². The number of aliphatic hydroxyl groups is 1. The van der Waals surface area contributed by atoms with Gasteiger partial charge in [0.25, 0.3) is 5.91 Å². The van der Waals surface area contributed by atoms with E-state index in [1.165, 1.54) is 0 Å². The molecule has 1 aliphatic rings. The summed E-state index contributed by atoms with van der Waals surface area (Å²) in [5, 5.41) is 9.33. The van der Waals surface area contributed by atoms with Gasteiger partial charge in [-0.15, -0.1) is 0 Å². The molecule has 0 aromatic heterocycles. The first-order valence-electron chi connectivity index (χ1n) is 6.10. The zero-order valence-corrected chi connectivity index (χ0v) is 11.7. The van der Waals surface area contributed by atoms with Crippen LogP contribution in [0, 0.1) is 0 Å². The Morgan fingerprint density at radius 2 is 2.28 bits per heavy atom. The van der Waals surface area contributed by atoms with E-state index in [9.17, 15) is 9.90 Å². The van der Waals surface area contributed by atoms with E-state index in [2.05, 4.69) is 15.9 Å². The number of nitrogens with two attached hydrogens (primary N) is 1. The second-order valence-electron chi connectivity index (χ2n) is 4.57. The van der Waals surface area contributed by atoms with E-state index in [0.717, 1.165) is 23.7 Å². The first-order chi connectivity index (χ1) is 8.63. The predicted octanol–water partition coefficient (Wildman–Crippen LogP) is 2.02. The highest BCUT2D eigenvalue weighted by Gasteiger charge is 2.26. The van der Waals surface area contributed by atoms with Crippen LogP contribution < -0.4 is 5.73 Å². The SMILES string of the molecule is Nc1ccc(C(=O)N2CCCCC2CO)cc1Br. The molecule has 0 saturated carbocycles. The van der Waals surface area contributed by atoms with Crippen molar-refractivity contribution in [1.82, 2.24) is 4.90 Å². The van der Waals surface area contributed by atoms with Gasteiger partial charge in [0.05, 0.1) is 12.6 Å². The number of amides is 1. The van der Waals surface area contributed by atoms with Crippen molar-refractivity contribution in [2.45, 2.75) is 25.3 Å².